The van der Waals surface area contributed by atoms with Gasteiger partial charge in [-0.2, -0.15) is 0 Å². The minimum absolute atomic E-state index is 0.0391. The van der Waals surface area contributed by atoms with Gasteiger partial charge in [0.05, 0.1) is 5.02 Å². The average molecular weight is 471 g/mol. The van der Waals surface area contributed by atoms with E-state index in [1.165, 1.54) is 18.2 Å². The van der Waals surface area contributed by atoms with Crippen LogP contribution in [0.5, 0.6) is 0 Å². The molecular formula is C25H27ClN2O3S. The predicted molar refractivity (Wildman–Crippen MR) is 131 cm³/mol. The Kier molecular flexibility index (Phi) is 6.96. The lowest BCUT2D eigenvalue weighted by Crippen LogP contribution is -2.17. The van der Waals surface area contributed by atoms with Gasteiger partial charge in [0, 0.05) is 16.9 Å². The molecule has 168 valence electrons. The molecule has 0 spiro atoms. The molecule has 0 bridgehead atoms. The standard InChI is InChI=1S/C25H27ClN2O3S/c1-15(2)21-8-6-7-18(5)24(21)27-25(29)19-9-10-22(26)23(14-19)32(30,31)28-20-12-16(3)11-17(4)13-20/h6-15,28H,1-5H3,(H,27,29). The summed E-state index contributed by atoms with van der Waals surface area (Å²) in [5.74, 6) is -0.186. The highest BCUT2D eigenvalue weighted by Crippen LogP contribution is 2.29. The molecule has 0 atom stereocenters. The number of para-hydroxylation sites is 1. The van der Waals surface area contributed by atoms with Crippen molar-refractivity contribution < 1.29 is 13.2 Å². The maximum atomic E-state index is 13.0. The normalized spacial score (nSPS) is 11.5. The summed E-state index contributed by atoms with van der Waals surface area (Å²) in [5, 5.41) is 2.98. The van der Waals surface area contributed by atoms with Crippen LogP contribution in [-0.2, 0) is 10.0 Å². The number of carbonyl (C=O) groups is 1. The van der Waals surface area contributed by atoms with Crippen molar-refractivity contribution in [3.05, 3.63) is 87.4 Å². The topological polar surface area (TPSA) is 75.3 Å². The molecule has 0 saturated carbocycles. The van der Waals surface area contributed by atoms with Crippen LogP contribution in [0.1, 0.15) is 52.4 Å². The fourth-order valence-corrected chi connectivity index (χ4v) is 5.19. The monoisotopic (exact) mass is 470 g/mol. The number of nitrogens with one attached hydrogen (secondary N) is 2. The molecule has 0 aliphatic carbocycles. The first-order valence-corrected chi connectivity index (χ1v) is 12.2. The van der Waals surface area contributed by atoms with Crippen molar-refractivity contribution in [2.24, 2.45) is 0 Å². The number of hydrogen-bond donors (Lipinski definition) is 2. The van der Waals surface area contributed by atoms with Gasteiger partial charge in [0.1, 0.15) is 4.90 Å². The Hall–Kier alpha value is -2.83. The second-order valence-electron chi connectivity index (χ2n) is 8.28. The van der Waals surface area contributed by atoms with E-state index >= 15 is 0 Å². The van der Waals surface area contributed by atoms with Gasteiger partial charge in [-0.25, -0.2) is 8.42 Å². The number of carbonyl (C=O) groups excluding carboxylic acids is 1. The van der Waals surface area contributed by atoms with E-state index < -0.39 is 15.9 Å². The highest BCUT2D eigenvalue weighted by Gasteiger charge is 2.21. The quantitative estimate of drug-likeness (QED) is 0.435. The smallest absolute Gasteiger partial charge is 0.263 e. The predicted octanol–water partition coefficient (Wildman–Crippen LogP) is 6.44. The van der Waals surface area contributed by atoms with Gasteiger partial charge in [-0.05, 0) is 79.3 Å². The highest BCUT2D eigenvalue weighted by molar-refractivity contribution is 7.92. The number of sulfonamides is 1. The van der Waals surface area contributed by atoms with Gasteiger partial charge in [-0.3, -0.25) is 9.52 Å². The lowest BCUT2D eigenvalue weighted by Gasteiger charge is -2.17. The molecule has 1 amide bonds. The van der Waals surface area contributed by atoms with E-state index in [9.17, 15) is 13.2 Å². The van der Waals surface area contributed by atoms with Crippen LogP contribution in [0.3, 0.4) is 0 Å². The van der Waals surface area contributed by atoms with Crippen LogP contribution in [0.4, 0.5) is 11.4 Å². The van der Waals surface area contributed by atoms with Crippen LogP contribution in [0.25, 0.3) is 0 Å². The SMILES string of the molecule is Cc1cc(C)cc(NS(=O)(=O)c2cc(C(=O)Nc3c(C)cccc3C(C)C)ccc2Cl)c1. The molecular weight excluding hydrogens is 444 g/mol. The molecule has 0 heterocycles. The largest absolute Gasteiger partial charge is 0.321 e. The molecule has 0 saturated heterocycles. The van der Waals surface area contributed by atoms with Gasteiger partial charge in [-0.1, -0.05) is 49.7 Å². The first-order valence-electron chi connectivity index (χ1n) is 10.3. The summed E-state index contributed by atoms with van der Waals surface area (Å²) < 4.78 is 28.7. The fraction of sp³-hybridized carbons (Fsp3) is 0.240. The van der Waals surface area contributed by atoms with Gasteiger partial charge in [-0.15, -0.1) is 0 Å². The Bertz CT molecular complexity index is 1260. The average Bonchev–Trinajstić information content (AvgIpc) is 2.68. The lowest BCUT2D eigenvalue weighted by atomic mass is 9.98. The fourth-order valence-electron chi connectivity index (χ4n) is 3.62. The number of aryl methyl sites for hydroxylation is 3. The molecule has 0 radical (unpaired) electrons. The lowest BCUT2D eigenvalue weighted by molar-refractivity contribution is 0.102. The summed E-state index contributed by atoms with van der Waals surface area (Å²) in [6.45, 7) is 9.80. The van der Waals surface area contributed by atoms with Crippen molar-refractivity contribution in [3.63, 3.8) is 0 Å². The Morgan fingerprint density at radius 3 is 2.22 bits per heavy atom. The van der Waals surface area contributed by atoms with Crippen molar-refractivity contribution >= 4 is 38.9 Å². The van der Waals surface area contributed by atoms with Crippen molar-refractivity contribution in [3.8, 4) is 0 Å². The summed E-state index contributed by atoms with van der Waals surface area (Å²) in [6, 6.07) is 15.5. The second-order valence-corrected chi connectivity index (χ2v) is 10.3. The molecule has 32 heavy (non-hydrogen) atoms. The molecule has 0 aliphatic heterocycles. The Labute approximate surface area is 194 Å². The second kappa shape index (κ2) is 9.35. The maximum absolute atomic E-state index is 13.0. The number of hydrogen-bond acceptors (Lipinski definition) is 3. The minimum Gasteiger partial charge on any atom is -0.321 e. The van der Waals surface area contributed by atoms with Gasteiger partial charge in [0.25, 0.3) is 15.9 Å². The zero-order valence-corrected chi connectivity index (χ0v) is 20.4. The highest BCUT2D eigenvalue weighted by atomic mass is 35.5. The number of rotatable bonds is 6. The molecule has 7 heteroatoms. The first kappa shape index (κ1) is 23.8. The summed E-state index contributed by atoms with van der Waals surface area (Å²) in [5.41, 5.74) is 5.19. The van der Waals surface area contributed by atoms with E-state index in [4.69, 9.17) is 11.6 Å². The summed E-state index contributed by atoms with van der Waals surface area (Å²) in [7, 11) is -4.00. The van der Waals surface area contributed by atoms with Crippen molar-refractivity contribution in [2.45, 2.75) is 45.4 Å². The van der Waals surface area contributed by atoms with Gasteiger partial charge in [0.2, 0.25) is 0 Å². The number of halogens is 1. The van der Waals surface area contributed by atoms with E-state index in [1.54, 1.807) is 12.1 Å². The molecule has 0 aromatic heterocycles. The van der Waals surface area contributed by atoms with E-state index in [0.717, 1.165) is 27.9 Å². The van der Waals surface area contributed by atoms with Crippen molar-refractivity contribution in [1.29, 1.82) is 0 Å². The van der Waals surface area contributed by atoms with Crippen LogP contribution in [0, 0.1) is 20.8 Å². The third kappa shape index (κ3) is 5.31. The Balaban J connectivity index is 1.94. The van der Waals surface area contributed by atoms with Crippen LogP contribution >= 0.6 is 11.6 Å². The van der Waals surface area contributed by atoms with Crippen LogP contribution < -0.4 is 10.0 Å². The molecule has 0 aliphatic rings. The first-order chi connectivity index (χ1) is 15.0. The van der Waals surface area contributed by atoms with Crippen molar-refractivity contribution in [1.82, 2.24) is 0 Å². The molecule has 2 N–H and O–H groups in total. The van der Waals surface area contributed by atoms with E-state index in [-0.39, 0.29) is 21.4 Å². The van der Waals surface area contributed by atoms with Gasteiger partial charge >= 0.3 is 0 Å². The van der Waals surface area contributed by atoms with Crippen LogP contribution in [0.15, 0.2) is 59.5 Å². The molecule has 0 fully saturated rings. The summed E-state index contributed by atoms with van der Waals surface area (Å²) in [4.78, 5) is 12.9. The molecule has 0 unspecified atom stereocenters. The zero-order valence-electron chi connectivity index (χ0n) is 18.8. The third-order valence-electron chi connectivity index (χ3n) is 5.12. The third-order valence-corrected chi connectivity index (χ3v) is 6.99. The maximum Gasteiger partial charge on any atom is 0.263 e. The number of amides is 1. The summed E-state index contributed by atoms with van der Waals surface area (Å²) in [6.07, 6.45) is 0. The minimum atomic E-state index is -4.00. The van der Waals surface area contributed by atoms with E-state index in [0.29, 0.717) is 5.69 Å². The van der Waals surface area contributed by atoms with Gasteiger partial charge in [0.15, 0.2) is 0 Å². The molecule has 3 rings (SSSR count). The Morgan fingerprint density at radius 1 is 0.938 bits per heavy atom. The summed E-state index contributed by atoms with van der Waals surface area (Å²) >= 11 is 6.22. The number of benzene rings is 3. The van der Waals surface area contributed by atoms with Crippen molar-refractivity contribution in [2.75, 3.05) is 10.0 Å². The van der Waals surface area contributed by atoms with Gasteiger partial charge < -0.3 is 5.32 Å². The zero-order chi connectivity index (χ0) is 23.6. The van der Waals surface area contributed by atoms with E-state index in [1.807, 2.05) is 45.0 Å². The van der Waals surface area contributed by atoms with Crippen LogP contribution in [-0.4, -0.2) is 14.3 Å². The molecule has 3 aromatic rings. The molecule has 5 nitrogen and oxygen atoms in total. The molecule has 3 aromatic carbocycles. The van der Waals surface area contributed by atoms with Crippen LogP contribution in [0.2, 0.25) is 5.02 Å². The van der Waals surface area contributed by atoms with E-state index in [2.05, 4.69) is 23.9 Å². The Morgan fingerprint density at radius 2 is 1.59 bits per heavy atom. The number of anilines is 2.